The summed E-state index contributed by atoms with van der Waals surface area (Å²) < 4.78 is 28.5. The zero-order valence-electron chi connectivity index (χ0n) is 14.9. The van der Waals surface area contributed by atoms with E-state index in [0.717, 1.165) is 42.4 Å². The highest BCUT2D eigenvalue weighted by molar-refractivity contribution is 7.89. The molecule has 2 aromatic carbocycles. The second-order valence-corrected chi connectivity index (χ2v) is 9.07. The minimum atomic E-state index is -3.72. The van der Waals surface area contributed by atoms with Crippen LogP contribution < -0.4 is 0 Å². The normalized spacial score (nSPS) is 20.7. The number of nitrogens with zero attached hydrogens (tertiary/aromatic N) is 1. The van der Waals surface area contributed by atoms with E-state index in [9.17, 15) is 13.5 Å². The van der Waals surface area contributed by atoms with Gasteiger partial charge < -0.3 is 5.11 Å². The number of aryl methyl sites for hydroxylation is 1. The van der Waals surface area contributed by atoms with Crippen LogP contribution >= 0.6 is 0 Å². The Morgan fingerprint density at radius 3 is 2.65 bits per heavy atom. The fourth-order valence-electron chi connectivity index (χ4n) is 4.09. The molecule has 1 unspecified atom stereocenters. The zero-order chi connectivity index (χ0) is 18.3. The second kappa shape index (κ2) is 6.56. The molecule has 5 heteroatoms. The van der Waals surface area contributed by atoms with E-state index in [2.05, 4.69) is 6.08 Å². The van der Waals surface area contributed by atoms with Crippen LogP contribution in [0.15, 0.2) is 59.0 Å². The summed E-state index contributed by atoms with van der Waals surface area (Å²) in [5, 5.41) is 9.89. The van der Waals surface area contributed by atoms with Gasteiger partial charge in [0.1, 0.15) is 5.75 Å². The lowest BCUT2D eigenvalue weighted by atomic mass is 9.90. The van der Waals surface area contributed by atoms with Gasteiger partial charge in [0.05, 0.1) is 10.9 Å². The molecule has 0 bridgehead atoms. The van der Waals surface area contributed by atoms with E-state index in [-0.39, 0.29) is 16.7 Å². The van der Waals surface area contributed by atoms with Crippen molar-refractivity contribution in [2.24, 2.45) is 0 Å². The van der Waals surface area contributed by atoms with E-state index in [1.54, 1.807) is 23.4 Å². The Morgan fingerprint density at radius 2 is 1.92 bits per heavy atom. The summed E-state index contributed by atoms with van der Waals surface area (Å²) in [6.07, 6.45) is 6.42. The number of fused-ring (bicyclic) bond motifs is 1. The number of aromatic hydroxyl groups is 1. The Morgan fingerprint density at radius 1 is 1.12 bits per heavy atom. The van der Waals surface area contributed by atoms with Crippen LogP contribution in [0.5, 0.6) is 5.75 Å². The van der Waals surface area contributed by atoms with Gasteiger partial charge in [-0.1, -0.05) is 35.9 Å². The lowest BCUT2D eigenvalue weighted by Crippen LogP contribution is -2.31. The summed E-state index contributed by atoms with van der Waals surface area (Å²) in [7, 11) is -3.72. The van der Waals surface area contributed by atoms with Crippen LogP contribution in [0.4, 0.5) is 0 Å². The van der Waals surface area contributed by atoms with Crippen LogP contribution in [0.1, 0.15) is 48.4 Å². The average molecular weight is 369 g/mol. The van der Waals surface area contributed by atoms with Crippen molar-refractivity contribution < 1.29 is 13.5 Å². The molecule has 26 heavy (non-hydrogen) atoms. The maximum absolute atomic E-state index is 13.4. The molecule has 0 spiro atoms. The molecule has 0 fully saturated rings. The molecule has 0 aromatic heterocycles. The third-order valence-corrected chi connectivity index (χ3v) is 7.07. The highest BCUT2D eigenvalue weighted by atomic mass is 32.2. The predicted molar refractivity (Wildman–Crippen MR) is 101 cm³/mol. The molecule has 1 aliphatic heterocycles. The molecule has 0 amide bonds. The molecule has 2 aliphatic rings. The highest BCUT2D eigenvalue weighted by Gasteiger charge is 2.40. The maximum Gasteiger partial charge on any atom is 0.244 e. The van der Waals surface area contributed by atoms with Gasteiger partial charge >= 0.3 is 0 Å². The quantitative estimate of drug-likeness (QED) is 0.814. The van der Waals surface area contributed by atoms with Crippen molar-refractivity contribution in [3.63, 3.8) is 0 Å². The van der Waals surface area contributed by atoms with E-state index >= 15 is 0 Å². The molecule has 1 aliphatic carbocycles. The first kappa shape index (κ1) is 17.3. The Bertz CT molecular complexity index is 958. The van der Waals surface area contributed by atoms with Crippen molar-refractivity contribution in [1.29, 1.82) is 0 Å². The minimum Gasteiger partial charge on any atom is -0.508 e. The molecule has 0 saturated heterocycles. The van der Waals surface area contributed by atoms with Gasteiger partial charge in [-0.05, 0) is 67.5 Å². The smallest absolute Gasteiger partial charge is 0.244 e. The predicted octanol–water partition coefficient (Wildman–Crippen LogP) is 4.45. The molecule has 1 heterocycles. The van der Waals surface area contributed by atoms with Crippen LogP contribution in [0.2, 0.25) is 0 Å². The monoisotopic (exact) mass is 369 g/mol. The summed E-state index contributed by atoms with van der Waals surface area (Å²) in [5.41, 5.74) is 4.07. The van der Waals surface area contributed by atoms with E-state index < -0.39 is 10.0 Å². The molecular formula is C21H23NO3S. The Labute approximate surface area is 154 Å². The van der Waals surface area contributed by atoms with Crippen molar-refractivity contribution in [3.05, 3.63) is 70.8 Å². The van der Waals surface area contributed by atoms with E-state index in [0.29, 0.717) is 6.54 Å². The second-order valence-electron chi connectivity index (χ2n) is 7.18. The number of hydrogen-bond donors (Lipinski definition) is 1. The average Bonchev–Trinajstić information content (AvgIpc) is 3.02. The van der Waals surface area contributed by atoms with Gasteiger partial charge in [-0.3, -0.25) is 0 Å². The lowest BCUT2D eigenvalue weighted by molar-refractivity contribution is 0.372. The van der Waals surface area contributed by atoms with Crippen molar-refractivity contribution in [2.45, 2.75) is 50.1 Å². The van der Waals surface area contributed by atoms with Crippen LogP contribution in [0.3, 0.4) is 0 Å². The standard InChI is InChI=1S/C21H23NO3S/c1-15-11-18(23)13-19(12-15)26(24,25)22-14-17-9-5-6-10-20(17)21(22)16-7-3-2-4-8-16/h5-7,9-13,21,23H,2-4,8,14H2,1H3. The summed E-state index contributed by atoms with van der Waals surface area (Å²) >= 11 is 0. The fraction of sp³-hybridized carbons (Fsp3) is 0.333. The molecule has 0 radical (unpaired) electrons. The number of sulfonamides is 1. The first-order chi connectivity index (χ1) is 12.5. The highest BCUT2D eigenvalue weighted by Crippen LogP contribution is 2.44. The number of rotatable bonds is 3. The van der Waals surface area contributed by atoms with Crippen molar-refractivity contribution in [2.75, 3.05) is 0 Å². The minimum absolute atomic E-state index is 0.0197. The van der Waals surface area contributed by atoms with Crippen molar-refractivity contribution in [3.8, 4) is 5.75 Å². The first-order valence-corrected chi connectivity index (χ1v) is 10.5. The van der Waals surface area contributed by atoms with Gasteiger partial charge in [-0.25, -0.2) is 8.42 Å². The van der Waals surface area contributed by atoms with E-state index in [1.165, 1.54) is 11.6 Å². The topological polar surface area (TPSA) is 57.6 Å². The largest absolute Gasteiger partial charge is 0.508 e. The van der Waals surface area contributed by atoms with E-state index in [4.69, 9.17) is 0 Å². The molecular weight excluding hydrogens is 346 g/mol. The number of phenolic OH excluding ortho intramolecular Hbond substituents is 1. The van der Waals surface area contributed by atoms with Gasteiger partial charge in [0.15, 0.2) is 0 Å². The zero-order valence-corrected chi connectivity index (χ0v) is 15.7. The number of benzene rings is 2. The fourth-order valence-corrected chi connectivity index (χ4v) is 5.80. The Hall–Kier alpha value is -2.11. The van der Waals surface area contributed by atoms with Gasteiger partial charge in [0, 0.05) is 6.54 Å². The summed E-state index contributed by atoms with van der Waals surface area (Å²) in [4.78, 5) is 0.157. The van der Waals surface area contributed by atoms with Crippen LogP contribution in [0, 0.1) is 6.92 Å². The summed E-state index contributed by atoms with van der Waals surface area (Å²) in [6, 6.07) is 12.3. The number of phenols is 1. The van der Waals surface area contributed by atoms with Crippen LogP contribution in [0.25, 0.3) is 0 Å². The molecule has 1 N–H and O–H groups in total. The Kier molecular flexibility index (Phi) is 4.37. The summed E-state index contributed by atoms with van der Waals surface area (Å²) in [6.45, 7) is 2.16. The lowest BCUT2D eigenvalue weighted by Gasteiger charge is -2.29. The molecule has 1 atom stereocenters. The SMILES string of the molecule is Cc1cc(O)cc(S(=O)(=O)N2Cc3ccccc3C2C2=CCCCC2)c1. The molecule has 4 rings (SSSR count). The van der Waals surface area contributed by atoms with Crippen molar-refractivity contribution >= 4 is 10.0 Å². The van der Waals surface area contributed by atoms with Gasteiger partial charge in [0.25, 0.3) is 0 Å². The molecule has 2 aromatic rings. The molecule has 4 nitrogen and oxygen atoms in total. The molecule has 136 valence electrons. The third-order valence-electron chi connectivity index (χ3n) is 5.28. The van der Waals surface area contributed by atoms with Crippen LogP contribution in [-0.4, -0.2) is 17.8 Å². The first-order valence-electron chi connectivity index (χ1n) is 9.06. The molecule has 0 saturated carbocycles. The number of hydrogen-bond acceptors (Lipinski definition) is 3. The Balaban J connectivity index is 1.82. The maximum atomic E-state index is 13.4. The third kappa shape index (κ3) is 2.95. The number of allylic oxidation sites excluding steroid dienone is 1. The van der Waals surface area contributed by atoms with Gasteiger partial charge in [-0.2, -0.15) is 4.31 Å². The van der Waals surface area contributed by atoms with Gasteiger partial charge in [-0.15, -0.1) is 0 Å². The van der Waals surface area contributed by atoms with E-state index in [1.807, 2.05) is 24.3 Å². The van der Waals surface area contributed by atoms with Gasteiger partial charge in [0.2, 0.25) is 10.0 Å². The van der Waals surface area contributed by atoms with Crippen molar-refractivity contribution in [1.82, 2.24) is 4.31 Å². The van der Waals surface area contributed by atoms with Crippen LogP contribution in [-0.2, 0) is 16.6 Å². The summed E-state index contributed by atoms with van der Waals surface area (Å²) in [5.74, 6) is -0.0197.